The predicted octanol–water partition coefficient (Wildman–Crippen LogP) is 11.1. The normalized spacial score (nSPS) is 20.7. The van der Waals surface area contributed by atoms with E-state index in [4.69, 9.17) is 109 Å². The largest absolute Gasteiger partial charge is 0.357 e. The molecule has 0 bridgehead atoms. The van der Waals surface area contributed by atoms with Crippen LogP contribution in [0.5, 0.6) is 0 Å². The van der Waals surface area contributed by atoms with Gasteiger partial charge in [-0.1, -0.05) is 173 Å². The van der Waals surface area contributed by atoms with E-state index in [1.165, 1.54) is 0 Å². The van der Waals surface area contributed by atoms with Gasteiger partial charge < -0.3 is 4.74 Å². The van der Waals surface area contributed by atoms with Crippen LogP contribution < -0.4 is 0 Å². The van der Waals surface area contributed by atoms with Crippen molar-refractivity contribution in [1.82, 2.24) is 0 Å². The Hall–Kier alpha value is 0.230. The van der Waals surface area contributed by atoms with Crippen molar-refractivity contribution >= 4 is 104 Å². The van der Waals surface area contributed by atoms with Gasteiger partial charge in [0.1, 0.15) is 5.60 Å². The lowest BCUT2D eigenvalue weighted by Gasteiger charge is -2.38. The second kappa shape index (κ2) is 10.9. The number of hydrogen-bond donors (Lipinski definition) is 0. The summed E-state index contributed by atoms with van der Waals surface area (Å²) in [4.78, 5) is 0. The van der Waals surface area contributed by atoms with Crippen molar-refractivity contribution in [2.24, 2.45) is 11.8 Å². The van der Waals surface area contributed by atoms with Crippen molar-refractivity contribution in [1.29, 1.82) is 0 Å². The van der Waals surface area contributed by atoms with Crippen LogP contribution in [0.25, 0.3) is 0 Å². The summed E-state index contributed by atoms with van der Waals surface area (Å²) in [7, 11) is 0. The van der Waals surface area contributed by atoms with Crippen LogP contribution >= 0.6 is 104 Å². The van der Waals surface area contributed by atoms with E-state index >= 15 is 0 Å². The molecule has 2 unspecified atom stereocenters. The predicted molar refractivity (Wildman–Crippen MR) is 160 cm³/mol. The highest BCUT2D eigenvalue weighted by Crippen LogP contribution is 2.53. The standard InChI is InChI=1S/C27H21Cl9O/c1-15-16(2)23(15)37-24(17-6-3-9-20(12-17)25(28,29)30,18-7-4-10-21(13-18)26(31,32)33)19-8-5-11-22(14-19)27(34,35)36/h3-16,23H,1-2H3. The van der Waals surface area contributed by atoms with Gasteiger partial charge in [0, 0.05) is 16.7 Å². The van der Waals surface area contributed by atoms with Crippen molar-refractivity contribution in [3.05, 3.63) is 106 Å². The molecule has 0 radical (unpaired) electrons. The van der Waals surface area contributed by atoms with Crippen molar-refractivity contribution in [3.8, 4) is 0 Å². The molecule has 1 saturated carbocycles. The van der Waals surface area contributed by atoms with Crippen LogP contribution in [0.1, 0.15) is 47.2 Å². The van der Waals surface area contributed by atoms with Gasteiger partial charge in [-0.25, -0.2) is 0 Å². The van der Waals surface area contributed by atoms with Crippen LogP contribution in [-0.4, -0.2) is 6.10 Å². The molecule has 2 atom stereocenters. The van der Waals surface area contributed by atoms with Crippen LogP contribution in [0.4, 0.5) is 0 Å². The first-order chi connectivity index (χ1) is 17.0. The van der Waals surface area contributed by atoms with Gasteiger partial charge in [0.25, 0.3) is 0 Å². The molecule has 37 heavy (non-hydrogen) atoms. The van der Waals surface area contributed by atoms with E-state index in [2.05, 4.69) is 13.8 Å². The average molecular weight is 681 g/mol. The Morgan fingerprint density at radius 2 is 0.757 bits per heavy atom. The highest BCUT2D eigenvalue weighted by molar-refractivity contribution is 6.67. The summed E-state index contributed by atoms with van der Waals surface area (Å²) < 4.78 is 2.05. The zero-order chi connectivity index (χ0) is 27.4. The molecule has 1 aliphatic rings. The maximum Gasteiger partial charge on any atom is 0.216 e. The average Bonchev–Trinajstić information content (AvgIpc) is 3.39. The molecule has 1 fully saturated rings. The fraction of sp³-hybridized carbons (Fsp3) is 0.333. The molecule has 0 heterocycles. The first kappa shape index (κ1) is 30.2. The molecule has 0 spiro atoms. The van der Waals surface area contributed by atoms with Gasteiger partial charge in [-0.15, -0.1) is 0 Å². The molecule has 10 heteroatoms. The number of benzene rings is 3. The van der Waals surface area contributed by atoms with Crippen LogP contribution in [0.15, 0.2) is 72.8 Å². The van der Waals surface area contributed by atoms with Crippen LogP contribution in [0, 0.1) is 11.8 Å². The monoisotopic (exact) mass is 676 g/mol. The second-order valence-corrected chi connectivity index (χ2v) is 16.1. The van der Waals surface area contributed by atoms with E-state index in [9.17, 15) is 0 Å². The van der Waals surface area contributed by atoms with E-state index in [1.54, 1.807) is 36.4 Å². The molecule has 4 rings (SSSR count). The molecule has 0 aromatic heterocycles. The Morgan fingerprint density at radius 1 is 0.486 bits per heavy atom. The van der Waals surface area contributed by atoms with Crippen LogP contribution in [0.3, 0.4) is 0 Å². The van der Waals surface area contributed by atoms with Gasteiger partial charge in [0.15, 0.2) is 0 Å². The Morgan fingerprint density at radius 3 is 1.00 bits per heavy atom. The van der Waals surface area contributed by atoms with Gasteiger partial charge in [0.2, 0.25) is 11.4 Å². The third-order valence-electron chi connectivity index (χ3n) is 6.83. The fourth-order valence-electron chi connectivity index (χ4n) is 4.48. The number of halogens is 9. The summed E-state index contributed by atoms with van der Waals surface area (Å²) in [5.74, 6) is 0.617. The highest BCUT2D eigenvalue weighted by Gasteiger charge is 2.51. The molecule has 0 amide bonds. The smallest absolute Gasteiger partial charge is 0.216 e. The minimum Gasteiger partial charge on any atom is -0.357 e. The van der Waals surface area contributed by atoms with Gasteiger partial charge in [-0.3, -0.25) is 0 Å². The summed E-state index contributed by atoms with van der Waals surface area (Å²) in [6.45, 7) is 4.26. The van der Waals surface area contributed by atoms with Gasteiger partial charge in [-0.05, 0) is 46.7 Å². The highest BCUT2D eigenvalue weighted by atomic mass is 35.6. The Labute approximate surface area is 262 Å². The quantitative estimate of drug-likeness (QED) is 0.193. The molecule has 0 aliphatic heterocycles. The fourth-order valence-corrected chi connectivity index (χ4v) is 5.54. The van der Waals surface area contributed by atoms with Crippen LogP contribution in [0.2, 0.25) is 0 Å². The minimum atomic E-state index is -1.67. The molecule has 3 aromatic carbocycles. The molecular weight excluding hydrogens is 659 g/mol. The van der Waals surface area contributed by atoms with E-state index in [0.29, 0.717) is 45.2 Å². The zero-order valence-corrected chi connectivity index (χ0v) is 26.3. The maximum absolute atomic E-state index is 7.05. The van der Waals surface area contributed by atoms with Gasteiger partial charge in [-0.2, -0.15) is 0 Å². The molecule has 1 nitrogen and oxygen atoms in total. The first-order valence-corrected chi connectivity index (χ1v) is 14.7. The van der Waals surface area contributed by atoms with Crippen molar-refractivity contribution in [2.75, 3.05) is 0 Å². The maximum atomic E-state index is 7.05. The lowest BCUT2D eigenvalue weighted by Crippen LogP contribution is -2.35. The number of alkyl halides is 9. The van der Waals surface area contributed by atoms with Crippen molar-refractivity contribution in [3.63, 3.8) is 0 Å². The molecule has 1 aliphatic carbocycles. The van der Waals surface area contributed by atoms with E-state index in [1.807, 2.05) is 36.4 Å². The number of ether oxygens (including phenoxy) is 1. The first-order valence-electron chi connectivity index (χ1n) is 11.3. The number of rotatable bonds is 5. The third-order valence-corrected chi connectivity index (χ3v) is 8.79. The van der Waals surface area contributed by atoms with E-state index < -0.39 is 17.0 Å². The third kappa shape index (κ3) is 6.43. The summed E-state index contributed by atoms with van der Waals surface area (Å²) in [6, 6.07) is 21.7. The SMILES string of the molecule is CC1C(C)C1OC(c1cccc(C(Cl)(Cl)Cl)c1)(c1cccc(C(Cl)(Cl)Cl)c1)c1cccc(C(Cl)(Cl)Cl)c1. The summed E-state index contributed by atoms with van der Waals surface area (Å²) in [6.07, 6.45) is -0.0794. The molecular formula is C27H21Cl9O. The Kier molecular flexibility index (Phi) is 8.89. The second-order valence-electron chi connectivity index (χ2n) is 9.22. The summed E-state index contributed by atoms with van der Waals surface area (Å²) >= 11 is 56.6. The molecule has 0 saturated heterocycles. The molecule has 0 N–H and O–H groups in total. The number of hydrogen-bond acceptors (Lipinski definition) is 1. The Bertz CT molecular complexity index is 1130. The summed E-state index contributed by atoms with van der Waals surface area (Å²) in [5.41, 5.74) is 2.27. The lowest BCUT2D eigenvalue weighted by atomic mass is 9.78. The van der Waals surface area contributed by atoms with Gasteiger partial charge >= 0.3 is 0 Å². The van der Waals surface area contributed by atoms with E-state index in [-0.39, 0.29) is 6.10 Å². The van der Waals surface area contributed by atoms with Crippen molar-refractivity contribution in [2.45, 2.75) is 36.9 Å². The minimum absolute atomic E-state index is 0.0794. The topological polar surface area (TPSA) is 9.23 Å². The Balaban J connectivity index is 2.08. The molecule has 3 aromatic rings. The zero-order valence-electron chi connectivity index (χ0n) is 19.5. The van der Waals surface area contributed by atoms with Crippen LogP contribution in [-0.2, 0) is 21.7 Å². The lowest BCUT2D eigenvalue weighted by molar-refractivity contribution is -0.0111. The molecule has 198 valence electrons. The van der Waals surface area contributed by atoms with Gasteiger partial charge in [0.05, 0.1) is 6.10 Å². The van der Waals surface area contributed by atoms with E-state index in [0.717, 1.165) is 0 Å². The summed E-state index contributed by atoms with van der Waals surface area (Å²) in [5, 5.41) is 0. The van der Waals surface area contributed by atoms with Crippen molar-refractivity contribution < 1.29 is 4.74 Å².